The van der Waals surface area contributed by atoms with E-state index in [1.807, 2.05) is 0 Å². The van der Waals surface area contributed by atoms with Crippen molar-refractivity contribution in [2.45, 2.75) is 6.92 Å². The summed E-state index contributed by atoms with van der Waals surface area (Å²) in [6.07, 6.45) is 3.07. The molecule has 18 heavy (non-hydrogen) atoms. The molecule has 0 spiro atoms. The highest BCUT2D eigenvalue weighted by molar-refractivity contribution is 5.94. The first kappa shape index (κ1) is 15.6. The van der Waals surface area contributed by atoms with Gasteiger partial charge in [-0.2, -0.15) is 0 Å². The zero-order valence-corrected chi connectivity index (χ0v) is 9.88. The molecule has 8 heteroatoms. The Morgan fingerprint density at radius 3 is 2.44 bits per heavy atom. The lowest BCUT2D eigenvalue weighted by atomic mass is 10.4. The van der Waals surface area contributed by atoms with E-state index < -0.39 is 24.5 Å². The number of rotatable bonds is 7. The number of aliphatic carboxylic acids is 1. The maximum atomic E-state index is 11.3. The summed E-state index contributed by atoms with van der Waals surface area (Å²) in [5.74, 6) is -1.65. The first-order valence-corrected chi connectivity index (χ1v) is 5.13. The highest BCUT2D eigenvalue weighted by Gasteiger charge is 2.09. The SMILES string of the molecule is C/C=C\C(=O)N(C=O)CCNC(=O)NCC(=O)O. The van der Waals surface area contributed by atoms with E-state index in [-0.39, 0.29) is 13.1 Å². The van der Waals surface area contributed by atoms with Crippen LogP contribution in [-0.2, 0) is 14.4 Å². The predicted molar refractivity (Wildman–Crippen MR) is 61.6 cm³/mol. The van der Waals surface area contributed by atoms with E-state index in [4.69, 9.17) is 5.11 Å². The van der Waals surface area contributed by atoms with E-state index in [1.165, 1.54) is 12.2 Å². The number of amides is 4. The third kappa shape index (κ3) is 6.99. The zero-order chi connectivity index (χ0) is 14.0. The van der Waals surface area contributed by atoms with Gasteiger partial charge in [0.1, 0.15) is 6.54 Å². The summed E-state index contributed by atoms with van der Waals surface area (Å²) in [6.45, 7) is 1.18. The van der Waals surface area contributed by atoms with Crippen LogP contribution in [0.2, 0.25) is 0 Å². The van der Waals surface area contributed by atoms with Gasteiger partial charge in [0.2, 0.25) is 6.41 Å². The Hall–Kier alpha value is -2.38. The molecule has 0 aliphatic carbocycles. The molecule has 0 saturated heterocycles. The van der Waals surface area contributed by atoms with E-state index >= 15 is 0 Å². The van der Waals surface area contributed by atoms with Crippen LogP contribution in [0.3, 0.4) is 0 Å². The minimum atomic E-state index is -1.16. The second kappa shape index (κ2) is 8.74. The van der Waals surface area contributed by atoms with Crippen LogP contribution >= 0.6 is 0 Å². The van der Waals surface area contributed by atoms with Crippen LogP contribution in [-0.4, -0.2) is 54.0 Å². The van der Waals surface area contributed by atoms with Gasteiger partial charge in [-0.25, -0.2) is 4.79 Å². The van der Waals surface area contributed by atoms with Crippen LogP contribution in [0.4, 0.5) is 4.79 Å². The lowest BCUT2D eigenvalue weighted by Crippen LogP contribution is -2.42. The first-order chi connectivity index (χ1) is 8.51. The molecule has 8 nitrogen and oxygen atoms in total. The van der Waals surface area contributed by atoms with Gasteiger partial charge in [-0.3, -0.25) is 19.3 Å². The fraction of sp³-hybridized carbons (Fsp3) is 0.400. The summed E-state index contributed by atoms with van der Waals surface area (Å²) in [5, 5.41) is 12.7. The van der Waals surface area contributed by atoms with Crippen LogP contribution < -0.4 is 10.6 Å². The van der Waals surface area contributed by atoms with Crippen LogP contribution in [0.25, 0.3) is 0 Å². The molecule has 4 amide bonds. The maximum Gasteiger partial charge on any atom is 0.323 e. The number of imide groups is 1. The highest BCUT2D eigenvalue weighted by atomic mass is 16.4. The van der Waals surface area contributed by atoms with E-state index in [0.29, 0.717) is 6.41 Å². The summed E-state index contributed by atoms with van der Waals surface area (Å²) in [6, 6.07) is -0.679. The Balaban J connectivity index is 3.93. The van der Waals surface area contributed by atoms with Gasteiger partial charge in [-0.05, 0) is 13.0 Å². The number of urea groups is 1. The van der Waals surface area contributed by atoms with Gasteiger partial charge in [-0.1, -0.05) is 6.08 Å². The quantitative estimate of drug-likeness (QED) is 0.397. The predicted octanol–water partition coefficient (Wildman–Crippen LogP) is -1.07. The minimum Gasteiger partial charge on any atom is -0.480 e. The van der Waals surface area contributed by atoms with Crippen LogP contribution in [0.5, 0.6) is 0 Å². The van der Waals surface area contributed by atoms with Crippen molar-refractivity contribution in [2.24, 2.45) is 0 Å². The van der Waals surface area contributed by atoms with Crippen LogP contribution in [0.1, 0.15) is 6.92 Å². The van der Waals surface area contributed by atoms with Gasteiger partial charge in [0.15, 0.2) is 0 Å². The van der Waals surface area contributed by atoms with Gasteiger partial charge in [0.25, 0.3) is 5.91 Å². The van der Waals surface area contributed by atoms with E-state index in [0.717, 1.165) is 4.90 Å². The summed E-state index contributed by atoms with van der Waals surface area (Å²) in [7, 11) is 0. The Labute approximate surface area is 104 Å². The smallest absolute Gasteiger partial charge is 0.323 e. The molecule has 0 aliphatic rings. The Morgan fingerprint density at radius 1 is 1.28 bits per heavy atom. The molecule has 0 saturated carbocycles. The van der Waals surface area contributed by atoms with Crippen molar-refractivity contribution in [3.05, 3.63) is 12.2 Å². The maximum absolute atomic E-state index is 11.3. The topological polar surface area (TPSA) is 116 Å². The van der Waals surface area contributed by atoms with E-state index in [2.05, 4.69) is 10.6 Å². The van der Waals surface area contributed by atoms with Crippen molar-refractivity contribution in [3.63, 3.8) is 0 Å². The number of carbonyl (C=O) groups excluding carboxylic acids is 3. The molecule has 0 aromatic heterocycles. The fourth-order valence-electron chi connectivity index (χ4n) is 0.961. The highest BCUT2D eigenvalue weighted by Crippen LogP contribution is 1.86. The minimum absolute atomic E-state index is 0.00711. The lowest BCUT2D eigenvalue weighted by molar-refractivity contribution is -0.136. The van der Waals surface area contributed by atoms with Gasteiger partial charge in [0.05, 0.1) is 0 Å². The molecule has 0 radical (unpaired) electrons. The number of nitrogens with one attached hydrogen (secondary N) is 2. The molecule has 0 fully saturated rings. The number of nitrogens with zero attached hydrogens (tertiary/aromatic N) is 1. The van der Waals surface area contributed by atoms with Crippen molar-refractivity contribution >= 4 is 24.3 Å². The molecule has 0 aromatic carbocycles. The first-order valence-electron chi connectivity index (χ1n) is 5.13. The number of hydrogen-bond donors (Lipinski definition) is 3. The van der Waals surface area contributed by atoms with Gasteiger partial charge in [-0.15, -0.1) is 0 Å². The van der Waals surface area contributed by atoms with Crippen LogP contribution in [0.15, 0.2) is 12.2 Å². The number of carboxylic acids is 1. The van der Waals surface area contributed by atoms with Crippen molar-refractivity contribution < 1.29 is 24.3 Å². The molecule has 0 aromatic rings. The van der Waals surface area contributed by atoms with Crippen molar-refractivity contribution in [1.29, 1.82) is 0 Å². The van der Waals surface area contributed by atoms with E-state index in [9.17, 15) is 19.2 Å². The monoisotopic (exact) mass is 257 g/mol. The zero-order valence-electron chi connectivity index (χ0n) is 9.88. The molecule has 0 heterocycles. The second-order valence-corrected chi connectivity index (χ2v) is 3.14. The fourth-order valence-corrected chi connectivity index (χ4v) is 0.961. The number of hydrogen-bond acceptors (Lipinski definition) is 4. The lowest BCUT2D eigenvalue weighted by Gasteiger charge is -2.13. The van der Waals surface area contributed by atoms with Gasteiger partial charge < -0.3 is 15.7 Å². The summed E-state index contributed by atoms with van der Waals surface area (Å²) >= 11 is 0. The van der Waals surface area contributed by atoms with Crippen LogP contribution in [0, 0.1) is 0 Å². The molecule has 100 valence electrons. The largest absolute Gasteiger partial charge is 0.480 e. The summed E-state index contributed by atoms with van der Waals surface area (Å²) in [4.78, 5) is 43.9. The second-order valence-electron chi connectivity index (χ2n) is 3.14. The Kier molecular flexibility index (Phi) is 7.58. The average molecular weight is 257 g/mol. The molecule has 0 aliphatic heterocycles. The summed E-state index contributed by atoms with van der Waals surface area (Å²) in [5.41, 5.74) is 0. The van der Waals surface area contributed by atoms with E-state index in [1.54, 1.807) is 6.92 Å². The van der Waals surface area contributed by atoms with Crippen molar-refractivity contribution in [2.75, 3.05) is 19.6 Å². The number of carbonyl (C=O) groups is 4. The van der Waals surface area contributed by atoms with Crippen molar-refractivity contribution in [1.82, 2.24) is 15.5 Å². The van der Waals surface area contributed by atoms with Gasteiger partial charge in [0, 0.05) is 13.1 Å². The Morgan fingerprint density at radius 2 is 1.94 bits per heavy atom. The number of allylic oxidation sites excluding steroid dienone is 1. The standard InChI is InChI=1S/C10H15N3O5/c1-2-3-8(15)13(7-14)5-4-11-10(18)12-6-9(16)17/h2-3,7H,4-6H2,1H3,(H,16,17)(H2,11,12,18)/b3-2-. The van der Waals surface area contributed by atoms with Gasteiger partial charge >= 0.3 is 12.0 Å². The average Bonchev–Trinajstić information content (AvgIpc) is 2.32. The molecule has 0 bridgehead atoms. The molecule has 0 atom stereocenters. The molecular formula is C10H15N3O5. The third-order valence-electron chi connectivity index (χ3n) is 1.76. The molecule has 3 N–H and O–H groups in total. The normalized spacial score (nSPS) is 9.83. The number of carboxylic acid groups (broad SMARTS) is 1. The third-order valence-corrected chi connectivity index (χ3v) is 1.76. The Bertz CT molecular complexity index is 353. The molecule has 0 unspecified atom stereocenters. The molecule has 0 rings (SSSR count). The molecular weight excluding hydrogens is 242 g/mol. The van der Waals surface area contributed by atoms with Crippen molar-refractivity contribution in [3.8, 4) is 0 Å². The summed E-state index contributed by atoms with van der Waals surface area (Å²) < 4.78 is 0.